The lowest BCUT2D eigenvalue weighted by molar-refractivity contribution is 0.829. The van der Waals surface area contributed by atoms with Gasteiger partial charge in [-0.2, -0.15) is 0 Å². The molecule has 6 heteroatoms. The quantitative estimate of drug-likeness (QED) is 0.464. The van der Waals surface area contributed by atoms with Gasteiger partial charge in [-0.3, -0.25) is 4.57 Å². The Kier molecular flexibility index (Phi) is 5.00. The molecule has 0 radical (unpaired) electrons. The third-order valence-electron chi connectivity index (χ3n) is 4.70. The first-order chi connectivity index (χ1) is 12.5. The number of nitrogens with zero attached hydrogens (tertiary/aromatic N) is 3. The van der Waals surface area contributed by atoms with E-state index in [1.54, 1.807) is 11.8 Å². The number of halogens is 2. The van der Waals surface area contributed by atoms with E-state index in [0.717, 1.165) is 22.4 Å². The molecule has 0 N–H and O–H groups in total. The summed E-state index contributed by atoms with van der Waals surface area (Å²) in [6, 6.07) is 12.3. The lowest BCUT2D eigenvalue weighted by Crippen LogP contribution is -2.02. The number of benzene rings is 2. The van der Waals surface area contributed by atoms with Crippen LogP contribution in [0.25, 0.3) is 5.69 Å². The van der Waals surface area contributed by atoms with Crippen LogP contribution in [0.5, 0.6) is 0 Å². The molecule has 1 aliphatic rings. The minimum atomic E-state index is 0.493. The topological polar surface area (TPSA) is 30.7 Å². The Hall–Kier alpha value is -1.49. The van der Waals surface area contributed by atoms with Crippen LogP contribution in [0.2, 0.25) is 10.0 Å². The van der Waals surface area contributed by atoms with Gasteiger partial charge in [0.25, 0.3) is 0 Å². The van der Waals surface area contributed by atoms with Gasteiger partial charge >= 0.3 is 0 Å². The number of thioether (sulfide) groups is 1. The van der Waals surface area contributed by atoms with Crippen molar-refractivity contribution in [3.63, 3.8) is 0 Å². The van der Waals surface area contributed by atoms with Crippen molar-refractivity contribution >= 4 is 35.0 Å². The van der Waals surface area contributed by atoms with Crippen LogP contribution in [0.3, 0.4) is 0 Å². The Morgan fingerprint density at radius 3 is 2.50 bits per heavy atom. The second-order valence-corrected chi connectivity index (χ2v) is 8.51. The largest absolute Gasteiger partial charge is 0.274 e. The Bertz CT molecular complexity index is 964. The molecule has 1 fully saturated rings. The number of hydrogen-bond acceptors (Lipinski definition) is 3. The standard InChI is InChI=1S/C20H19Cl2N3S/c1-12-3-4-14(9-13(12)2)11-26-20-24-23-19(15-5-6-15)25(20)16-7-8-17(21)18(22)10-16/h3-4,7-10,15H,5-6,11H2,1-2H3. The third kappa shape index (κ3) is 3.64. The fraction of sp³-hybridized carbons (Fsp3) is 0.300. The summed E-state index contributed by atoms with van der Waals surface area (Å²) in [5, 5.41) is 10.9. The Balaban J connectivity index is 1.65. The molecule has 1 aromatic heterocycles. The Morgan fingerprint density at radius 1 is 1.00 bits per heavy atom. The maximum Gasteiger partial charge on any atom is 0.196 e. The zero-order valence-corrected chi connectivity index (χ0v) is 17.0. The highest BCUT2D eigenvalue weighted by Gasteiger charge is 2.31. The fourth-order valence-corrected chi connectivity index (χ4v) is 4.08. The predicted octanol–water partition coefficient (Wildman–Crippen LogP) is 6.36. The summed E-state index contributed by atoms with van der Waals surface area (Å²) in [4.78, 5) is 0. The molecular weight excluding hydrogens is 385 g/mol. The summed E-state index contributed by atoms with van der Waals surface area (Å²) in [7, 11) is 0. The van der Waals surface area contributed by atoms with Crippen LogP contribution in [0.4, 0.5) is 0 Å². The van der Waals surface area contributed by atoms with Crippen molar-refractivity contribution < 1.29 is 0 Å². The van der Waals surface area contributed by atoms with E-state index in [9.17, 15) is 0 Å². The van der Waals surface area contributed by atoms with Crippen LogP contribution in [0.15, 0.2) is 41.6 Å². The normalized spacial score (nSPS) is 14.0. The van der Waals surface area contributed by atoms with Gasteiger partial charge in [0.05, 0.1) is 15.7 Å². The maximum atomic E-state index is 6.24. The fourth-order valence-electron chi connectivity index (χ4n) is 2.89. The number of aromatic nitrogens is 3. The minimum absolute atomic E-state index is 0.493. The monoisotopic (exact) mass is 403 g/mol. The second kappa shape index (κ2) is 7.26. The second-order valence-electron chi connectivity index (χ2n) is 6.76. The highest BCUT2D eigenvalue weighted by Crippen LogP contribution is 2.42. The highest BCUT2D eigenvalue weighted by molar-refractivity contribution is 7.98. The van der Waals surface area contributed by atoms with Crippen molar-refractivity contribution in [2.45, 2.75) is 43.5 Å². The maximum absolute atomic E-state index is 6.24. The van der Waals surface area contributed by atoms with E-state index in [2.05, 4.69) is 46.8 Å². The van der Waals surface area contributed by atoms with E-state index in [4.69, 9.17) is 23.2 Å². The van der Waals surface area contributed by atoms with Gasteiger partial charge in [-0.15, -0.1) is 10.2 Å². The summed E-state index contributed by atoms with van der Waals surface area (Å²) in [6.07, 6.45) is 2.34. The molecule has 0 bridgehead atoms. The highest BCUT2D eigenvalue weighted by atomic mass is 35.5. The molecule has 0 atom stereocenters. The first kappa shape index (κ1) is 17.9. The zero-order chi connectivity index (χ0) is 18.3. The van der Waals surface area contributed by atoms with Crippen LogP contribution in [0.1, 0.15) is 41.3 Å². The van der Waals surface area contributed by atoms with E-state index >= 15 is 0 Å². The van der Waals surface area contributed by atoms with Gasteiger partial charge in [0.1, 0.15) is 5.82 Å². The minimum Gasteiger partial charge on any atom is -0.274 e. The van der Waals surface area contributed by atoms with E-state index in [0.29, 0.717) is 16.0 Å². The van der Waals surface area contributed by atoms with Gasteiger partial charge in [-0.05, 0) is 61.6 Å². The molecule has 0 amide bonds. The Labute approximate surface area is 167 Å². The van der Waals surface area contributed by atoms with E-state index in [1.807, 2.05) is 18.2 Å². The molecule has 0 spiro atoms. The number of hydrogen-bond donors (Lipinski definition) is 0. The zero-order valence-electron chi connectivity index (χ0n) is 14.7. The van der Waals surface area contributed by atoms with Crippen LogP contribution < -0.4 is 0 Å². The van der Waals surface area contributed by atoms with Gasteiger partial charge in [0.15, 0.2) is 5.16 Å². The molecule has 1 aliphatic carbocycles. The molecule has 0 aliphatic heterocycles. The molecule has 134 valence electrons. The summed E-state index contributed by atoms with van der Waals surface area (Å²) in [6.45, 7) is 4.28. The van der Waals surface area contributed by atoms with E-state index < -0.39 is 0 Å². The van der Waals surface area contributed by atoms with Crippen LogP contribution >= 0.6 is 35.0 Å². The van der Waals surface area contributed by atoms with Crippen molar-refractivity contribution in [3.05, 3.63) is 69.0 Å². The summed E-state index contributed by atoms with van der Waals surface area (Å²) < 4.78 is 2.13. The SMILES string of the molecule is Cc1ccc(CSc2nnc(C3CC3)n2-c2ccc(Cl)c(Cl)c2)cc1C. The molecule has 0 unspecified atom stereocenters. The molecule has 4 rings (SSSR count). The molecule has 2 aromatic carbocycles. The predicted molar refractivity (Wildman–Crippen MR) is 109 cm³/mol. The van der Waals surface area contributed by atoms with Crippen molar-refractivity contribution in [1.82, 2.24) is 14.8 Å². The first-order valence-electron chi connectivity index (χ1n) is 8.62. The average molecular weight is 404 g/mol. The van der Waals surface area contributed by atoms with Gasteiger partial charge in [-0.1, -0.05) is 53.2 Å². The molecule has 3 nitrogen and oxygen atoms in total. The third-order valence-corrected chi connectivity index (χ3v) is 6.44. The lowest BCUT2D eigenvalue weighted by atomic mass is 10.1. The number of aryl methyl sites for hydroxylation is 2. The van der Waals surface area contributed by atoms with Crippen molar-refractivity contribution in [2.24, 2.45) is 0 Å². The molecule has 0 saturated heterocycles. The Morgan fingerprint density at radius 2 is 1.81 bits per heavy atom. The smallest absolute Gasteiger partial charge is 0.196 e. The van der Waals surface area contributed by atoms with E-state index in [-0.39, 0.29) is 0 Å². The molecular formula is C20H19Cl2N3S. The van der Waals surface area contributed by atoms with Crippen molar-refractivity contribution in [2.75, 3.05) is 0 Å². The summed E-state index contributed by atoms with van der Waals surface area (Å²) in [5.74, 6) is 2.37. The van der Waals surface area contributed by atoms with Gasteiger partial charge in [0.2, 0.25) is 0 Å². The molecule has 1 saturated carbocycles. The van der Waals surface area contributed by atoms with Gasteiger partial charge in [0, 0.05) is 11.7 Å². The van der Waals surface area contributed by atoms with Crippen LogP contribution in [0, 0.1) is 13.8 Å². The van der Waals surface area contributed by atoms with Crippen LogP contribution in [-0.4, -0.2) is 14.8 Å². The van der Waals surface area contributed by atoms with Crippen LogP contribution in [-0.2, 0) is 5.75 Å². The molecule has 1 heterocycles. The molecule has 3 aromatic rings. The average Bonchev–Trinajstić information content (AvgIpc) is 3.38. The first-order valence-corrected chi connectivity index (χ1v) is 10.4. The van der Waals surface area contributed by atoms with E-state index in [1.165, 1.54) is 29.5 Å². The number of rotatable bonds is 5. The molecule has 26 heavy (non-hydrogen) atoms. The van der Waals surface area contributed by atoms with Crippen molar-refractivity contribution in [3.8, 4) is 5.69 Å². The van der Waals surface area contributed by atoms with Gasteiger partial charge in [-0.25, -0.2) is 0 Å². The van der Waals surface area contributed by atoms with Gasteiger partial charge < -0.3 is 0 Å². The summed E-state index contributed by atoms with van der Waals surface area (Å²) >= 11 is 14.0. The lowest BCUT2D eigenvalue weighted by Gasteiger charge is -2.11. The van der Waals surface area contributed by atoms with Crippen molar-refractivity contribution in [1.29, 1.82) is 0 Å². The summed E-state index contributed by atoms with van der Waals surface area (Å²) in [5.41, 5.74) is 4.88.